The Kier molecular flexibility index (Phi) is 4.90. The Labute approximate surface area is 131 Å². The van der Waals surface area contributed by atoms with Crippen molar-refractivity contribution < 1.29 is 14.3 Å². The van der Waals surface area contributed by atoms with Gasteiger partial charge in [0.05, 0.1) is 25.5 Å². The molecule has 0 unspecified atom stereocenters. The molecule has 0 saturated carbocycles. The normalized spacial score (nSPS) is 11.1. The minimum Gasteiger partial charge on any atom is -0.497 e. The van der Waals surface area contributed by atoms with E-state index in [0.29, 0.717) is 5.75 Å². The van der Waals surface area contributed by atoms with E-state index in [4.69, 9.17) is 21.7 Å². The van der Waals surface area contributed by atoms with Gasteiger partial charge >= 0.3 is 5.97 Å². The van der Waals surface area contributed by atoms with E-state index in [2.05, 4.69) is 9.97 Å². The lowest BCUT2D eigenvalue weighted by molar-refractivity contribution is -0.133. The van der Waals surface area contributed by atoms with E-state index in [-0.39, 0.29) is 16.0 Å². The van der Waals surface area contributed by atoms with Crippen LogP contribution in [0, 0.1) is 4.77 Å². The average Bonchev–Trinajstić information content (AvgIpc) is 2.51. The molecule has 0 amide bonds. The van der Waals surface area contributed by atoms with E-state index < -0.39 is 11.5 Å². The number of rotatable bonds is 4. The van der Waals surface area contributed by atoms with Gasteiger partial charge in [-0.1, -0.05) is 12.1 Å². The number of hydrogen-bond donors (Lipinski definition) is 2. The van der Waals surface area contributed by atoms with E-state index in [1.165, 1.54) is 13.2 Å². The Morgan fingerprint density at radius 1 is 1.23 bits per heavy atom. The van der Waals surface area contributed by atoms with E-state index in [1.807, 2.05) is 0 Å². The van der Waals surface area contributed by atoms with Crippen molar-refractivity contribution in [3.05, 3.63) is 56.7 Å². The lowest BCUT2D eigenvalue weighted by Gasteiger charge is -2.07. The number of aromatic amines is 2. The molecule has 0 spiro atoms. The van der Waals surface area contributed by atoms with E-state index in [0.717, 1.165) is 5.56 Å². The first-order chi connectivity index (χ1) is 10.5. The van der Waals surface area contributed by atoms with Gasteiger partial charge in [-0.05, 0) is 36.0 Å². The zero-order valence-corrected chi connectivity index (χ0v) is 12.8. The maximum atomic E-state index is 12.0. The number of H-pyrrole nitrogens is 2. The third kappa shape index (κ3) is 3.70. The topological polar surface area (TPSA) is 84.2 Å². The molecule has 0 bridgehead atoms. The Morgan fingerprint density at radius 2 is 2.00 bits per heavy atom. The Balaban J connectivity index is 2.59. The molecule has 0 aliphatic carbocycles. The molecule has 114 valence electrons. The smallest absolute Gasteiger partial charge is 0.339 e. The lowest BCUT2D eigenvalue weighted by atomic mass is 10.1. The maximum absolute atomic E-state index is 12.0. The Bertz CT molecular complexity index is 807. The molecule has 1 aromatic carbocycles. The van der Waals surface area contributed by atoms with Crippen molar-refractivity contribution in [3.8, 4) is 5.75 Å². The SMILES string of the molecule is COC(=O)/C(=C\c1cccc(OC)c1)c1cc(=O)[nH]c(=S)[nH]1. The van der Waals surface area contributed by atoms with Crippen LogP contribution in [0.3, 0.4) is 0 Å². The molecule has 0 fully saturated rings. The molecule has 6 nitrogen and oxygen atoms in total. The van der Waals surface area contributed by atoms with E-state index >= 15 is 0 Å². The zero-order chi connectivity index (χ0) is 16.1. The lowest BCUT2D eigenvalue weighted by Crippen LogP contribution is -2.12. The highest BCUT2D eigenvalue weighted by molar-refractivity contribution is 7.71. The van der Waals surface area contributed by atoms with Crippen LogP contribution in [0.5, 0.6) is 5.75 Å². The first-order valence-electron chi connectivity index (χ1n) is 6.31. The number of benzene rings is 1. The molecule has 2 rings (SSSR count). The molecule has 1 aromatic heterocycles. The number of nitrogens with one attached hydrogen (secondary N) is 2. The molecule has 0 saturated heterocycles. The molecule has 1 heterocycles. The Hall–Kier alpha value is -2.67. The van der Waals surface area contributed by atoms with Crippen molar-refractivity contribution in [2.75, 3.05) is 14.2 Å². The third-order valence-corrected chi connectivity index (χ3v) is 3.06. The zero-order valence-electron chi connectivity index (χ0n) is 12.0. The summed E-state index contributed by atoms with van der Waals surface area (Å²) in [6.45, 7) is 0. The van der Waals surface area contributed by atoms with Gasteiger partial charge in [0.1, 0.15) is 5.75 Å². The standard InChI is InChI=1S/C15H14N2O4S/c1-20-10-5-3-4-9(6-10)7-11(14(19)21-2)12-8-13(18)17-15(22)16-12/h3-8H,1-2H3,(H2,16,17,18,22)/b11-7-. The van der Waals surface area contributed by atoms with Gasteiger partial charge in [0.15, 0.2) is 4.77 Å². The highest BCUT2D eigenvalue weighted by Gasteiger charge is 2.14. The number of carbonyl (C=O) groups excluding carboxylic acids is 1. The van der Waals surface area contributed by atoms with Crippen molar-refractivity contribution in [2.45, 2.75) is 0 Å². The minimum atomic E-state index is -0.584. The molecular weight excluding hydrogens is 304 g/mol. The summed E-state index contributed by atoms with van der Waals surface area (Å²) in [4.78, 5) is 28.7. The van der Waals surface area contributed by atoms with Gasteiger partial charge in [-0.15, -0.1) is 0 Å². The molecule has 0 atom stereocenters. The summed E-state index contributed by atoms with van der Waals surface area (Å²) in [5, 5.41) is 0. The maximum Gasteiger partial charge on any atom is 0.339 e. The predicted octanol–water partition coefficient (Wildman–Crippen LogP) is 2.15. The van der Waals surface area contributed by atoms with Crippen LogP contribution in [-0.2, 0) is 9.53 Å². The summed E-state index contributed by atoms with van der Waals surface area (Å²) in [5.41, 5.74) is 0.787. The van der Waals surface area contributed by atoms with Gasteiger partial charge in [0.25, 0.3) is 5.56 Å². The summed E-state index contributed by atoms with van der Waals surface area (Å²) < 4.78 is 10.0. The summed E-state index contributed by atoms with van der Waals surface area (Å²) in [6.07, 6.45) is 1.59. The fraction of sp³-hybridized carbons (Fsp3) is 0.133. The van der Waals surface area contributed by atoms with Gasteiger partial charge in [0.2, 0.25) is 0 Å². The van der Waals surface area contributed by atoms with Crippen LogP contribution in [-0.4, -0.2) is 30.2 Å². The second-order valence-electron chi connectivity index (χ2n) is 4.33. The fourth-order valence-electron chi connectivity index (χ4n) is 1.87. The first-order valence-corrected chi connectivity index (χ1v) is 6.72. The van der Waals surface area contributed by atoms with Gasteiger partial charge in [-0.3, -0.25) is 9.78 Å². The number of methoxy groups -OCH3 is 2. The number of ether oxygens (including phenoxy) is 2. The predicted molar refractivity (Wildman–Crippen MR) is 85.1 cm³/mol. The number of carbonyl (C=O) groups is 1. The number of aromatic nitrogens is 2. The van der Waals surface area contributed by atoms with Crippen LogP contribution in [0.4, 0.5) is 0 Å². The molecule has 2 aromatic rings. The number of hydrogen-bond acceptors (Lipinski definition) is 5. The van der Waals surface area contributed by atoms with Crippen LogP contribution < -0.4 is 10.3 Å². The summed E-state index contributed by atoms with van der Waals surface area (Å²) in [5.74, 6) is 0.0656. The first kappa shape index (κ1) is 15.7. The quantitative estimate of drug-likeness (QED) is 0.513. The van der Waals surface area contributed by atoms with Crippen molar-refractivity contribution in [3.63, 3.8) is 0 Å². The summed E-state index contributed by atoms with van der Waals surface area (Å²) in [7, 11) is 2.82. The molecule has 2 N–H and O–H groups in total. The highest BCUT2D eigenvalue weighted by atomic mass is 32.1. The minimum absolute atomic E-state index is 0.128. The number of esters is 1. The largest absolute Gasteiger partial charge is 0.497 e. The summed E-state index contributed by atoms with van der Waals surface area (Å²) in [6, 6.07) is 8.38. The average molecular weight is 318 g/mol. The van der Waals surface area contributed by atoms with Crippen molar-refractivity contribution in [1.82, 2.24) is 9.97 Å². The van der Waals surface area contributed by atoms with Gasteiger partial charge in [-0.25, -0.2) is 4.79 Å². The molecule has 7 heteroatoms. The molecule has 22 heavy (non-hydrogen) atoms. The van der Waals surface area contributed by atoms with Crippen LogP contribution in [0.1, 0.15) is 11.3 Å². The van der Waals surface area contributed by atoms with Gasteiger partial charge < -0.3 is 14.5 Å². The van der Waals surface area contributed by atoms with Crippen LogP contribution >= 0.6 is 12.2 Å². The second kappa shape index (κ2) is 6.86. The monoisotopic (exact) mass is 318 g/mol. The van der Waals surface area contributed by atoms with Crippen LogP contribution in [0.25, 0.3) is 11.6 Å². The Morgan fingerprint density at radius 3 is 2.64 bits per heavy atom. The van der Waals surface area contributed by atoms with E-state index in [9.17, 15) is 9.59 Å². The van der Waals surface area contributed by atoms with Crippen LogP contribution in [0.15, 0.2) is 35.1 Å². The van der Waals surface area contributed by atoms with Crippen molar-refractivity contribution in [1.29, 1.82) is 0 Å². The van der Waals surface area contributed by atoms with Crippen molar-refractivity contribution in [2.24, 2.45) is 0 Å². The van der Waals surface area contributed by atoms with Gasteiger partial charge in [0, 0.05) is 6.07 Å². The molecule has 0 aliphatic heterocycles. The fourth-order valence-corrected chi connectivity index (χ4v) is 2.08. The third-order valence-electron chi connectivity index (χ3n) is 2.86. The second-order valence-corrected chi connectivity index (χ2v) is 4.74. The highest BCUT2D eigenvalue weighted by Crippen LogP contribution is 2.20. The molecule has 0 aliphatic rings. The molecule has 0 radical (unpaired) electrons. The molecular formula is C15H14N2O4S. The van der Waals surface area contributed by atoms with E-state index in [1.54, 1.807) is 37.5 Å². The summed E-state index contributed by atoms with van der Waals surface area (Å²) >= 11 is 4.92. The van der Waals surface area contributed by atoms with Crippen molar-refractivity contribution >= 4 is 29.8 Å². The van der Waals surface area contributed by atoms with Gasteiger partial charge in [-0.2, -0.15) is 0 Å². The van der Waals surface area contributed by atoms with Crippen LogP contribution in [0.2, 0.25) is 0 Å².